The second kappa shape index (κ2) is 11.4. The minimum absolute atomic E-state index is 0.0502. The molecular formula is C16H30N4O10S4. The van der Waals surface area contributed by atoms with Gasteiger partial charge < -0.3 is 10.6 Å². The van der Waals surface area contributed by atoms with Crippen molar-refractivity contribution < 1.29 is 43.3 Å². The summed E-state index contributed by atoms with van der Waals surface area (Å²) in [4.78, 5) is 23.5. The van der Waals surface area contributed by atoms with Crippen LogP contribution in [0.25, 0.3) is 0 Å². The fraction of sp³-hybridized carbons (Fsp3) is 0.875. The Kier molecular flexibility index (Phi) is 9.57. The first kappa shape index (κ1) is 28.6. The fourth-order valence-electron chi connectivity index (χ4n) is 3.52. The van der Waals surface area contributed by atoms with Crippen molar-refractivity contribution in [3.63, 3.8) is 0 Å². The molecule has 4 amide bonds. The standard InChI is InChI=1S/C16H30N4O10S4/c21-15(19-33(27,28)13-5-9-31(23,24)11-13)17-7-3-1-2-4-8-18-16(22)20-34(29,30)14-6-10-32(25,26)12-14/h13-14H,1-12H2,(H2,17,19,21)(H2,18,20,22). The van der Waals surface area contributed by atoms with Gasteiger partial charge in [-0.15, -0.1) is 0 Å². The van der Waals surface area contributed by atoms with E-state index in [1.807, 2.05) is 9.44 Å². The van der Waals surface area contributed by atoms with Gasteiger partial charge in [0.2, 0.25) is 20.0 Å². The Labute approximate surface area is 199 Å². The zero-order chi connectivity index (χ0) is 25.6. The molecule has 0 spiro atoms. The molecule has 34 heavy (non-hydrogen) atoms. The summed E-state index contributed by atoms with van der Waals surface area (Å²) in [6.07, 6.45) is 2.20. The third kappa shape index (κ3) is 9.18. The maximum absolute atomic E-state index is 12.0. The van der Waals surface area contributed by atoms with Crippen LogP contribution in [0.5, 0.6) is 0 Å². The summed E-state index contributed by atoms with van der Waals surface area (Å²) in [7, 11) is -15.0. The van der Waals surface area contributed by atoms with Crippen LogP contribution in [0.15, 0.2) is 0 Å². The maximum atomic E-state index is 12.0. The predicted molar refractivity (Wildman–Crippen MR) is 123 cm³/mol. The number of sulfonamides is 2. The van der Waals surface area contributed by atoms with Crippen LogP contribution < -0.4 is 20.1 Å². The zero-order valence-electron chi connectivity index (χ0n) is 18.4. The van der Waals surface area contributed by atoms with E-state index in [0.717, 1.165) is 0 Å². The lowest BCUT2D eigenvalue weighted by Gasteiger charge is -2.12. The van der Waals surface area contributed by atoms with E-state index in [1.165, 1.54) is 0 Å². The molecule has 0 aromatic carbocycles. The summed E-state index contributed by atoms with van der Waals surface area (Å²) < 4.78 is 97.4. The van der Waals surface area contributed by atoms with Crippen molar-refractivity contribution in [3.8, 4) is 0 Å². The molecule has 2 heterocycles. The number of sulfone groups is 2. The summed E-state index contributed by atoms with van der Waals surface area (Å²) in [5.74, 6) is -1.46. The molecule has 2 unspecified atom stereocenters. The topological polar surface area (TPSA) is 219 Å². The number of rotatable bonds is 11. The van der Waals surface area contributed by atoms with Crippen LogP contribution in [0.3, 0.4) is 0 Å². The van der Waals surface area contributed by atoms with Gasteiger partial charge in [-0.25, -0.2) is 52.7 Å². The van der Waals surface area contributed by atoms with Gasteiger partial charge in [0, 0.05) is 13.1 Å². The highest BCUT2D eigenvalue weighted by molar-refractivity contribution is 7.96. The maximum Gasteiger partial charge on any atom is 0.328 e. The van der Waals surface area contributed by atoms with Crippen molar-refractivity contribution in [2.75, 3.05) is 36.1 Å². The van der Waals surface area contributed by atoms with Crippen LogP contribution in [0.1, 0.15) is 38.5 Å². The summed E-state index contributed by atoms with van der Waals surface area (Å²) >= 11 is 0. The van der Waals surface area contributed by atoms with Crippen molar-refractivity contribution in [2.24, 2.45) is 0 Å². The van der Waals surface area contributed by atoms with E-state index in [4.69, 9.17) is 0 Å². The van der Waals surface area contributed by atoms with Crippen molar-refractivity contribution in [1.82, 2.24) is 20.1 Å². The molecule has 0 saturated carbocycles. The number of hydrogen-bond acceptors (Lipinski definition) is 10. The lowest BCUT2D eigenvalue weighted by molar-refractivity contribution is 0.244. The summed E-state index contributed by atoms with van der Waals surface area (Å²) in [5, 5.41) is 2.48. The molecule has 0 bridgehead atoms. The van der Waals surface area contributed by atoms with E-state index in [9.17, 15) is 43.3 Å². The quantitative estimate of drug-likeness (QED) is 0.205. The molecule has 18 heteroatoms. The number of amides is 4. The predicted octanol–water partition coefficient (Wildman–Crippen LogP) is -1.82. The number of nitrogens with one attached hydrogen (secondary N) is 4. The number of unbranched alkanes of at least 4 members (excludes halogenated alkanes) is 3. The van der Waals surface area contributed by atoms with Crippen LogP contribution in [0.2, 0.25) is 0 Å². The Morgan fingerprint density at radius 1 is 0.647 bits per heavy atom. The van der Waals surface area contributed by atoms with Crippen LogP contribution in [-0.2, 0) is 39.7 Å². The Hall–Kier alpha value is -1.66. The summed E-state index contributed by atoms with van der Waals surface area (Å²) in [5.41, 5.74) is 0. The highest BCUT2D eigenvalue weighted by Gasteiger charge is 2.39. The molecule has 2 rings (SSSR count). The average Bonchev–Trinajstić information content (AvgIpc) is 3.25. The van der Waals surface area contributed by atoms with E-state index >= 15 is 0 Å². The number of urea groups is 2. The minimum atomic E-state index is -4.08. The molecular weight excluding hydrogens is 536 g/mol. The zero-order valence-corrected chi connectivity index (χ0v) is 21.6. The Morgan fingerprint density at radius 2 is 1.00 bits per heavy atom. The van der Waals surface area contributed by atoms with Crippen molar-refractivity contribution >= 4 is 51.8 Å². The van der Waals surface area contributed by atoms with Crippen molar-refractivity contribution in [1.29, 1.82) is 0 Å². The Morgan fingerprint density at radius 3 is 1.29 bits per heavy atom. The van der Waals surface area contributed by atoms with Crippen LogP contribution >= 0.6 is 0 Å². The molecule has 2 aliphatic rings. The molecule has 198 valence electrons. The number of carbonyl (C=O) groups excluding carboxylic acids is 2. The minimum Gasteiger partial charge on any atom is -0.337 e. The van der Waals surface area contributed by atoms with Gasteiger partial charge in [-0.05, 0) is 25.7 Å². The smallest absolute Gasteiger partial charge is 0.328 e. The first-order valence-corrected chi connectivity index (χ1v) is 17.4. The van der Waals surface area contributed by atoms with E-state index in [-0.39, 0.29) is 37.4 Å². The van der Waals surface area contributed by atoms with Gasteiger partial charge in [-0.3, -0.25) is 0 Å². The molecule has 2 saturated heterocycles. The van der Waals surface area contributed by atoms with Gasteiger partial charge >= 0.3 is 12.1 Å². The molecule has 2 fully saturated rings. The second-order valence-corrected chi connectivity index (χ2v) is 16.6. The molecule has 0 radical (unpaired) electrons. The first-order chi connectivity index (χ1) is 15.6. The van der Waals surface area contributed by atoms with Gasteiger partial charge in [0.25, 0.3) is 0 Å². The molecule has 0 aliphatic carbocycles. The number of carbonyl (C=O) groups is 2. The van der Waals surface area contributed by atoms with E-state index in [2.05, 4.69) is 10.6 Å². The molecule has 2 atom stereocenters. The molecule has 14 nitrogen and oxygen atoms in total. The van der Waals surface area contributed by atoms with Crippen molar-refractivity contribution in [3.05, 3.63) is 0 Å². The molecule has 2 aliphatic heterocycles. The van der Waals surface area contributed by atoms with Gasteiger partial charge in [0.1, 0.15) is 0 Å². The second-order valence-electron chi connectivity index (χ2n) is 8.27. The fourth-order valence-corrected chi connectivity index (χ4v) is 11.4. The third-order valence-corrected chi connectivity index (χ3v) is 12.9. The van der Waals surface area contributed by atoms with E-state index < -0.39 is 73.8 Å². The van der Waals surface area contributed by atoms with Crippen LogP contribution in [0, 0.1) is 0 Å². The SMILES string of the molecule is O=C(NCCCCCCNC(=O)NS(=O)(=O)C1CCS(=O)(=O)C1)NS(=O)(=O)C1CCS(=O)(=O)C1. The van der Waals surface area contributed by atoms with Crippen LogP contribution in [0.4, 0.5) is 9.59 Å². The van der Waals surface area contributed by atoms with Crippen LogP contribution in [-0.4, -0.2) is 92.3 Å². The lowest BCUT2D eigenvalue weighted by Crippen LogP contribution is -2.44. The molecule has 4 N–H and O–H groups in total. The normalized spacial score (nSPS) is 23.8. The highest BCUT2D eigenvalue weighted by Crippen LogP contribution is 2.18. The summed E-state index contributed by atoms with van der Waals surface area (Å²) in [6.45, 7) is 0.363. The number of hydrogen-bond donors (Lipinski definition) is 4. The van der Waals surface area contributed by atoms with E-state index in [0.29, 0.717) is 25.7 Å². The third-order valence-electron chi connectivity index (χ3n) is 5.40. The average molecular weight is 567 g/mol. The van der Waals surface area contributed by atoms with E-state index in [1.54, 1.807) is 0 Å². The Balaban J connectivity index is 1.54. The lowest BCUT2D eigenvalue weighted by atomic mass is 10.2. The summed E-state index contributed by atoms with van der Waals surface area (Å²) in [6, 6.07) is -1.86. The highest BCUT2D eigenvalue weighted by atomic mass is 32.2. The monoisotopic (exact) mass is 566 g/mol. The Bertz CT molecular complexity index is 1090. The largest absolute Gasteiger partial charge is 0.337 e. The molecule has 0 aromatic heterocycles. The first-order valence-electron chi connectivity index (χ1n) is 10.6. The molecule has 0 aromatic rings. The van der Waals surface area contributed by atoms with Gasteiger partial charge in [0.15, 0.2) is 19.7 Å². The van der Waals surface area contributed by atoms with Crippen molar-refractivity contribution in [2.45, 2.75) is 49.0 Å². The van der Waals surface area contributed by atoms with Gasteiger partial charge in [0.05, 0.1) is 33.5 Å². The van der Waals surface area contributed by atoms with Gasteiger partial charge in [-0.1, -0.05) is 12.8 Å². The van der Waals surface area contributed by atoms with Gasteiger partial charge in [-0.2, -0.15) is 0 Å².